The second-order valence-electron chi connectivity index (χ2n) is 5.77. The number of rotatable bonds is 5. The molecule has 0 heterocycles. The number of ether oxygens (including phenoxy) is 1. The number of nitrogens with zero attached hydrogens (tertiary/aromatic N) is 1. The number of aryl methyl sites for hydroxylation is 1. The van der Waals surface area contributed by atoms with Crippen molar-refractivity contribution >= 4 is 5.91 Å². The summed E-state index contributed by atoms with van der Waals surface area (Å²) in [5.74, 6) is 0.935. The molecule has 2 rings (SSSR count). The Labute approximate surface area is 126 Å². The van der Waals surface area contributed by atoms with Crippen LogP contribution in [0.15, 0.2) is 24.3 Å². The van der Waals surface area contributed by atoms with E-state index in [1.165, 1.54) is 0 Å². The van der Waals surface area contributed by atoms with Gasteiger partial charge in [0, 0.05) is 13.5 Å². The predicted molar refractivity (Wildman–Crippen MR) is 82.3 cm³/mol. The van der Waals surface area contributed by atoms with E-state index in [1.54, 1.807) is 12.0 Å². The summed E-state index contributed by atoms with van der Waals surface area (Å²) in [4.78, 5) is 14.0. The van der Waals surface area contributed by atoms with Crippen LogP contribution in [0.5, 0.6) is 5.75 Å². The van der Waals surface area contributed by atoms with E-state index >= 15 is 0 Å². The van der Waals surface area contributed by atoms with Crippen LogP contribution < -0.4 is 4.74 Å². The monoisotopic (exact) mass is 291 g/mol. The molecule has 0 spiro atoms. The molecule has 1 aromatic rings. The first-order chi connectivity index (χ1) is 10.1. The molecule has 1 fully saturated rings. The zero-order chi connectivity index (χ0) is 15.2. The number of likely N-dealkylation sites (N-methyl/N-ethyl adjacent to an activating group) is 1. The Morgan fingerprint density at radius 3 is 2.57 bits per heavy atom. The molecule has 1 saturated carbocycles. The van der Waals surface area contributed by atoms with Crippen LogP contribution in [-0.4, -0.2) is 42.2 Å². The second-order valence-corrected chi connectivity index (χ2v) is 5.77. The first-order valence-corrected chi connectivity index (χ1v) is 7.68. The highest BCUT2D eigenvalue weighted by molar-refractivity contribution is 5.76. The van der Waals surface area contributed by atoms with Crippen LogP contribution in [0.25, 0.3) is 0 Å². The smallest absolute Gasteiger partial charge is 0.222 e. The zero-order valence-corrected chi connectivity index (χ0v) is 12.9. The van der Waals surface area contributed by atoms with Crippen LogP contribution >= 0.6 is 0 Å². The third-order valence-corrected chi connectivity index (χ3v) is 4.37. The Morgan fingerprint density at radius 2 is 1.95 bits per heavy atom. The van der Waals surface area contributed by atoms with Crippen molar-refractivity contribution in [3.63, 3.8) is 0 Å². The lowest BCUT2D eigenvalue weighted by atomic mass is 9.91. The van der Waals surface area contributed by atoms with Gasteiger partial charge in [0.15, 0.2) is 0 Å². The third-order valence-electron chi connectivity index (χ3n) is 4.37. The number of hydrogen-bond acceptors (Lipinski definition) is 3. The molecule has 1 aromatic carbocycles. The maximum Gasteiger partial charge on any atom is 0.222 e. The number of carbonyl (C=O) groups excluding carboxylic acids is 1. The minimum atomic E-state index is -0.367. The molecule has 0 unspecified atom stereocenters. The fourth-order valence-electron chi connectivity index (χ4n) is 2.95. The van der Waals surface area contributed by atoms with Gasteiger partial charge in [0.2, 0.25) is 5.91 Å². The lowest BCUT2D eigenvalue weighted by Crippen LogP contribution is -2.46. The SMILES string of the molecule is COc1ccc(CCC(=O)N(C)[C@@H]2CCCC[C@H]2O)cc1. The molecule has 2 atom stereocenters. The van der Waals surface area contributed by atoms with Gasteiger partial charge in [0.05, 0.1) is 19.3 Å². The van der Waals surface area contributed by atoms with Gasteiger partial charge in [-0.1, -0.05) is 25.0 Å². The highest BCUT2D eigenvalue weighted by atomic mass is 16.5. The normalized spacial score (nSPS) is 21.9. The molecule has 0 radical (unpaired) electrons. The number of hydrogen-bond donors (Lipinski definition) is 1. The molecule has 0 aliphatic heterocycles. The van der Waals surface area contributed by atoms with E-state index in [9.17, 15) is 9.90 Å². The van der Waals surface area contributed by atoms with Crippen molar-refractivity contribution in [3.05, 3.63) is 29.8 Å². The molecule has 1 amide bonds. The lowest BCUT2D eigenvalue weighted by Gasteiger charge is -2.35. The van der Waals surface area contributed by atoms with Gasteiger partial charge in [-0.15, -0.1) is 0 Å². The maximum absolute atomic E-state index is 12.3. The Balaban J connectivity index is 1.85. The van der Waals surface area contributed by atoms with Gasteiger partial charge in [-0.2, -0.15) is 0 Å². The molecule has 1 N–H and O–H groups in total. The van der Waals surface area contributed by atoms with Crippen molar-refractivity contribution in [1.82, 2.24) is 4.90 Å². The van der Waals surface area contributed by atoms with Crippen LogP contribution in [0, 0.1) is 0 Å². The number of aliphatic hydroxyl groups is 1. The van der Waals surface area contributed by atoms with E-state index in [2.05, 4.69) is 0 Å². The zero-order valence-electron chi connectivity index (χ0n) is 12.9. The summed E-state index contributed by atoms with van der Waals surface area (Å²) in [6.45, 7) is 0. The van der Waals surface area contributed by atoms with Crippen LogP contribution in [0.3, 0.4) is 0 Å². The minimum Gasteiger partial charge on any atom is -0.497 e. The molecule has 4 nitrogen and oxygen atoms in total. The van der Waals surface area contributed by atoms with Gasteiger partial charge in [-0.05, 0) is 37.0 Å². The highest BCUT2D eigenvalue weighted by Crippen LogP contribution is 2.23. The van der Waals surface area contributed by atoms with E-state index in [4.69, 9.17) is 4.74 Å². The number of benzene rings is 1. The van der Waals surface area contributed by atoms with Gasteiger partial charge < -0.3 is 14.7 Å². The molecule has 21 heavy (non-hydrogen) atoms. The van der Waals surface area contributed by atoms with Gasteiger partial charge in [0.25, 0.3) is 0 Å². The number of aliphatic hydroxyl groups excluding tert-OH is 1. The minimum absolute atomic E-state index is 0.0119. The molecule has 1 aliphatic carbocycles. The summed E-state index contributed by atoms with van der Waals surface area (Å²) >= 11 is 0. The number of amides is 1. The largest absolute Gasteiger partial charge is 0.497 e. The first kappa shape index (κ1) is 15.8. The highest BCUT2D eigenvalue weighted by Gasteiger charge is 2.28. The van der Waals surface area contributed by atoms with Crippen LogP contribution in [-0.2, 0) is 11.2 Å². The Kier molecular flexibility index (Phi) is 5.62. The van der Waals surface area contributed by atoms with Crippen molar-refractivity contribution in [3.8, 4) is 5.75 Å². The summed E-state index contributed by atoms with van der Waals surface area (Å²) in [5.41, 5.74) is 1.13. The molecule has 4 heteroatoms. The van der Waals surface area contributed by atoms with E-state index in [-0.39, 0.29) is 18.1 Å². The van der Waals surface area contributed by atoms with E-state index in [0.717, 1.165) is 43.4 Å². The van der Waals surface area contributed by atoms with Gasteiger partial charge >= 0.3 is 0 Å². The van der Waals surface area contributed by atoms with Crippen molar-refractivity contribution in [2.75, 3.05) is 14.2 Å². The molecular weight excluding hydrogens is 266 g/mol. The van der Waals surface area contributed by atoms with Crippen molar-refractivity contribution in [2.24, 2.45) is 0 Å². The first-order valence-electron chi connectivity index (χ1n) is 7.68. The molecule has 0 saturated heterocycles. The molecule has 0 bridgehead atoms. The number of methoxy groups -OCH3 is 1. The van der Waals surface area contributed by atoms with Crippen molar-refractivity contribution < 1.29 is 14.6 Å². The van der Waals surface area contributed by atoms with Crippen molar-refractivity contribution in [2.45, 2.75) is 50.7 Å². The third kappa shape index (κ3) is 4.21. The second kappa shape index (κ2) is 7.46. The average Bonchev–Trinajstić information content (AvgIpc) is 2.53. The summed E-state index contributed by atoms with van der Waals surface area (Å²) in [6, 6.07) is 7.79. The van der Waals surface area contributed by atoms with Crippen LogP contribution in [0.2, 0.25) is 0 Å². The van der Waals surface area contributed by atoms with Crippen molar-refractivity contribution in [1.29, 1.82) is 0 Å². The van der Waals surface area contributed by atoms with Crippen LogP contribution in [0.1, 0.15) is 37.7 Å². The van der Waals surface area contributed by atoms with Gasteiger partial charge in [0.1, 0.15) is 5.75 Å². The molecule has 116 valence electrons. The fourth-order valence-corrected chi connectivity index (χ4v) is 2.95. The van der Waals surface area contributed by atoms with Crippen LogP contribution in [0.4, 0.5) is 0 Å². The molecular formula is C17H25NO3. The summed E-state index contributed by atoms with van der Waals surface area (Å²) in [7, 11) is 3.46. The van der Waals surface area contributed by atoms with E-state index in [1.807, 2.05) is 31.3 Å². The quantitative estimate of drug-likeness (QED) is 0.906. The van der Waals surface area contributed by atoms with Gasteiger partial charge in [-0.3, -0.25) is 4.79 Å². The average molecular weight is 291 g/mol. The van der Waals surface area contributed by atoms with E-state index < -0.39 is 0 Å². The number of carbonyl (C=O) groups is 1. The summed E-state index contributed by atoms with van der Waals surface area (Å²) < 4.78 is 5.12. The Bertz CT molecular complexity index is 458. The Morgan fingerprint density at radius 1 is 1.29 bits per heavy atom. The summed E-state index contributed by atoms with van der Waals surface area (Å²) in [5, 5.41) is 10.0. The lowest BCUT2D eigenvalue weighted by molar-refractivity contribution is -0.135. The topological polar surface area (TPSA) is 49.8 Å². The summed E-state index contributed by atoms with van der Waals surface area (Å²) in [6.07, 6.45) is 4.70. The Hall–Kier alpha value is -1.55. The van der Waals surface area contributed by atoms with E-state index in [0.29, 0.717) is 6.42 Å². The molecule has 1 aliphatic rings. The fraction of sp³-hybridized carbons (Fsp3) is 0.588. The maximum atomic E-state index is 12.3. The predicted octanol–water partition coefficient (Wildman–Crippen LogP) is 2.39. The van der Waals surface area contributed by atoms with Gasteiger partial charge in [-0.25, -0.2) is 0 Å². The molecule has 0 aromatic heterocycles. The standard InChI is InChI=1S/C17H25NO3/c1-18(15-5-3-4-6-16(15)19)17(20)12-9-13-7-10-14(21-2)11-8-13/h7-8,10-11,15-16,19H,3-6,9,12H2,1-2H3/t15-,16-/m1/s1.